The maximum Gasteiger partial charge on any atom is 0.351 e. The molecule has 0 aliphatic carbocycles. The Morgan fingerprint density at radius 2 is 1.85 bits per heavy atom. The highest BCUT2D eigenvalue weighted by Crippen LogP contribution is 2.31. The average Bonchev–Trinajstić information content (AvgIpc) is 2.70. The molecule has 3 rings (SSSR count). The maximum atomic E-state index is 12.3. The second-order valence-corrected chi connectivity index (χ2v) is 5.46. The molecule has 1 atom stereocenters. The van der Waals surface area contributed by atoms with E-state index in [-0.39, 0.29) is 6.61 Å². The van der Waals surface area contributed by atoms with Crippen molar-refractivity contribution in [1.82, 2.24) is 0 Å². The fourth-order valence-electron chi connectivity index (χ4n) is 2.47. The van der Waals surface area contributed by atoms with Gasteiger partial charge in [-0.05, 0) is 24.3 Å². The van der Waals surface area contributed by atoms with Gasteiger partial charge in [-0.1, -0.05) is 12.1 Å². The SMILES string of the molecule is COc1ccc(C(=O)COC(=O)[C@H]2COc3ccccc3O2)c(OC)c1. The van der Waals surface area contributed by atoms with E-state index in [9.17, 15) is 9.59 Å². The first-order chi connectivity index (χ1) is 12.6. The maximum absolute atomic E-state index is 12.3. The Morgan fingerprint density at radius 1 is 1.08 bits per heavy atom. The van der Waals surface area contributed by atoms with E-state index >= 15 is 0 Å². The van der Waals surface area contributed by atoms with E-state index in [0.29, 0.717) is 28.6 Å². The zero-order valence-electron chi connectivity index (χ0n) is 14.4. The molecule has 2 aromatic carbocycles. The zero-order chi connectivity index (χ0) is 18.5. The van der Waals surface area contributed by atoms with Crippen molar-refractivity contribution in [3.63, 3.8) is 0 Å². The highest BCUT2D eigenvalue weighted by molar-refractivity contribution is 6.00. The van der Waals surface area contributed by atoms with E-state index in [2.05, 4.69) is 0 Å². The van der Waals surface area contributed by atoms with Crippen LogP contribution in [0.25, 0.3) is 0 Å². The van der Waals surface area contributed by atoms with Crippen LogP contribution < -0.4 is 18.9 Å². The van der Waals surface area contributed by atoms with Crippen molar-refractivity contribution >= 4 is 11.8 Å². The fraction of sp³-hybridized carbons (Fsp3) is 0.263. The van der Waals surface area contributed by atoms with Crippen LogP contribution in [0.4, 0.5) is 0 Å². The molecule has 2 aromatic rings. The molecule has 0 saturated heterocycles. The molecule has 26 heavy (non-hydrogen) atoms. The first-order valence-electron chi connectivity index (χ1n) is 7.92. The Bertz CT molecular complexity index is 815. The molecule has 0 N–H and O–H groups in total. The summed E-state index contributed by atoms with van der Waals surface area (Å²) < 4.78 is 26.4. The summed E-state index contributed by atoms with van der Waals surface area (Å²) in [5, 5.41) is 0. The van der Waals surface area contributed by atoms with E-state index in [0.717, 1.165) is 0 Å². The molecule has 136 valence electrons. The Balaban J connectivity index is 1.61. The number of hydrogen-bond acceptors (Lipinski definition) is 7. The van der Waals surface area contributed by atoms with Gasteiger partial charge in [-0.15, -0.1) is 0 Å². The standard InChI is InChI=1S/C19H18O7/c1-22-12-7-8-13(17(9-12)23-2)14(20)10-25-19(21)18-11-24-15-5-3-4-6-16(15)26-18/h3-9,18H,10-11H2,1-2H3/t18-/m1/s1. The molecular formula is C19H18O7. The number of benzene rings is 2. The smallest absolute Gasteiger partial charge is 0.351 e. The highest BCUT2D eigenvalue weighted by Gasteiger charge is 2.29. The molecule has 0 bridgehead atoms. The van der Waals surface area contributed by atoms with E-state index in [1.165, 1.54) is 14.2 Å². The second kappa shape index (κ2) is 7.77. The number of rotatable bonds is 6. The topological polar surface area (TPSA) is 80.3 Å². The monoisotopic (exact) mass is 358 g/mol. The number of ketones is 1. The first-order valence-corrected chi connectivity index (χ1v) is 7.92. The van der Waals surface area contributed by atoms with Crippen molar-refractivity contribution in [2.45, 2.75) is 6.10 Å². The van der Waals surface area contributed by atoms with Crippen LogP contribution in [-0.4, -0.2) is 45.3 Å². The molecule has 0 spiro atoms. The highest BCUT2D eigenvalue weighted by atomic mass is 16.6. The quantitative estimate of drug-likeness (QED) is 0.579. The van der Waals surface area contributed by atoms with Crippen LogP contribution in [0.3, 0.4) is 0 Å². The molecule has 7 nitrogen and oxygen atoms in total. The minimum Gasteiger partial charge on any atom is -0.497 e. The Labute approximate surface area is 150 Å². The third-order valence-electron chi connectivity index (χ3n) is 3.83. The Hall–Kier alpha value is -3.22. The minimum absolute atomic E-state index is 0.0237. The lowest BCUT2D eigenvalue weighted by Crippen LogP contribution is -2.38. The van der Waals surface area contributed by atoms with Crippen molar-refractivity contribution in [3.05, 3.63) is 48.0 Å². The molecule has 0 radical (unpaired) electrons. The van der Waals surface area contributed by atoms with Gasteiger partial charge in [0, 0.05) is 6.07 Å². The van der Waals surface area contributed by atoms with Crippen molar-refractivity contribution < 1.29 is 33.3 Å². The average molecular weight is 358 g/mol. The molecular weight excluding hydrogens is 340 g/mol. The lowest BCUT2D eigenvalue weighted by atomic mass is 10.1. The van der Waals surface area contributed by atoms with E-state index in [1.807, 2.05) is 6.07 Å². The van der Waals surface area contributed by atoms with Crippen molar-refractivity contribution in [2.24, 2.45) is 0 Å². The minimum atomic E-state index is -0.921. The van der Waals surface area contributed by atoms with E-state index < -0.39 is 24.5 Å². The number of carbonyl (C=O) groups excluding carboxylic acids is 2. The molecule has 1 aliphatic heterocycles. The van der Waals surface area contributed by atoms with Gasteiger partial charge < -0.3 is 23.7 Å². The van der Waals surface area contributed by atoms with Crippen molar-refractivity contribution in [1.29, 1.82) is 0 Å². The van der Waals surface area contributed by atoms with Crippen LogP contribution in [0.15, 0.2) is 42.5 Å². The van der Waals surface area contributed by atoms with Gasteiger partial charge in [0.05, 0.1) is 19.8 Å². The number of Topliss-reactive ketones (excluding diaryl/α,β-unsaturated/α-hetero) is 1. The molecule has 0 saturated carbocycles. The van der Waals surface area contributed by atoms with Gasteiger partial charge in [-0.25, -0.2) is 4.79 Å². The first kappa shape index (κ1) is 17.6. The summed E-state index contributed by atoms with van der Waals surface area (Å²) in [6, 6.07) is 11.8. The number of fused-ring (bicyclic) bond motifs is 1. The lowest BCUT2D eigenvalue weighted by molar-refractivity contribution is -0.153. The van der Waals surface area contributed by atoms with Crippen molar-refractivity contribution in [3.8, 4) is 23.0 Å². The van der Waals surface area contributed by atoms with Crippen LogP contribution in [-0.2, 0) is 9.53 Å². The van der Waals surface area contributed by atoms with Gasteiger partial charge in [-0.2, -0.15) is 0 Å². The normalized spacial score (nSPS) is 15.1. The van der Waals surface area contributed by atoms with Gasteiger partial charge in [0.1, 0.15) is 18.1 Å². The molecule has 0 unspecified atom stereocenters. The molecule has 0 amide bonds. The van der Waals surface area contributed by atoms with Gasteiger partial charge in [-0.3, -0.25) is 4.79 Å². The summed E-state index contributed by atoms with van der Waals surface area (Å²) in [6.07, 6.45) is -0.921. The van der Waals surface area contributed by atoms with Crippen LogP contribution in [0.1, 0.15) is 10.4 Å². The van der Waals surface area contributed by atoms with Crippen LogP contribution in [0.2, 0.25) is 0 Å². The second-order valence-electron chi connectivity index (χ2n) is 5.46. The predicted molar refractivity (Wildman–Crippen MR) is 91.2 cm³/mol. The third kappa shape index (κ3) is 3.72. The predicted octanol–water partition coefficient (Wildman–Crippen LogP) is 2.27. The van der Waals surface area contributed by atoms with Crippen molar-refractivity contribution in [2.75, 3.05) is 27.4 Å². The van der Waals surface area contributed by atoms with Gasteiger partial charge in [0.25, 0.3) is 0 Å². The third-order valence-corrected chi connectivity index (χ3v) is 3.83. The van der Waals surface area contributed by atoms with E-state index in [1.54, 1.807) is 36.4 Å². The number of methoxy groups -OCH3 is 2. The fourth-order valence-corrected chi connectivity index (χ4v) is 2.47. The van der Waals surface area contributed by atoms with Crippen LogP contribution >= 0.6 is 0 Å². The molecule has 1 heterocycles. The Morgan fingerprint density at radius 3 is 2.58 bits per heavy atom. The summed E-state index contributed by atoms with van der Waals surface area (Å²) >= 11 is 0. The summed E-state index contributed by atoms with van der Waals surface area (Å²) in [6.45, 7) is -0.404. The summed E-state index contributed by atoms with van der Waals surface area (Å²) in [5.41, 5.74) is 0.298. The lowest BCUT2D eigenvalue weighted by Gasteiger charge is -2.24. The van der Waals surface area contributed by atoms with E-state index in [4.69, 9.17) is 23.7 Å². The summed E-state index contributed by atoms with van der Waals surface area (Å²) in [5.74, 6) is 0.869. The number of esters is 1. The molecule has 0 aromatic heterocycles. The molecule has 0 fully saturated rings. The number of para-hydroxylation sites is 2. The van der Waals surface area contributed by atoms with Crippen LogP contribution in [0.5, 0.6) is 23.0 Å². The zero-order valence-corrected chi connectivity index (χ0v) is 14.4. The number of hydrogen-bond donors (Lipinski definition) is 0. The van der Waals surface area contributed by atoms with Gasteiger partial charge >= 0.3 is 5.97 Å². The summed E-state index contributed by atoms with van der Waals surface area (Å²) in [7, 11) is 2.96. The molecule has 1 aliphatic rings. The van der Waals surface area contributed by atoms with Gasteiger partial charge in [0.2, 0.25) is 11.9 Å². The Kier molecular flexibility index (Phi) is 5.26. The van der Waals surface area contributed by atoms with Gasteiger partial charge in [0.15, 0.2) is 18.1 Å². The largest absolute Gasteiger partial charge is 0.497 e. The van der Waals surface area contributed by atoms with Crippen LogP contribution in [0, 0.1) is 0 Å². The molecule has 7 heteroatoms. The number of ether oxygens (including phenoxy) is 5. The number of carbonyl (C=O) groups is 2. The summed E-state index contributed by atoms with van der Waals surface area (Å²) in [4.78, 5) is 24.5.